The molecule has 0 heteroatoms. The van der Waals surface area contributed by atoms with Crippen LogP contribution in [0.5, 0.6) is 0 Å². The van der Waals surface area contributed by atoms with Gasteiger partial charge < -0.3 is 0 Å². The Kier molecular flexibility index (Phi) is 2.55. The summed E-state index contributed by atoms with van der Waals surface area (Å²) in [6, 6.07) is -33.0. The SMILES string of the molecule is [2H]c1c([2H])c(-c2c([2H])c([2H])c([2H])c3c([2H])c([2H])c([2H])c([2H])c23)c([2H])c(-c2c3c([2H])c([2H])c([2H])c([2H])c3c(-c3c([2H])c([2H])c([2H])c4c([2H])c([2H])c([2H])c([2H])c34)c3c([2H])c([2H])c(-c4c([2H])c([2H])c5c([2H])c([2H])c([2H])c([2H])c5c4[2H])c([2H])c23)c1[2H]. The smallest absolute Gasteiger partial charge is 0.0616 e. The molecule has 0 bridgehead atoms. The first kappa shape index (κ1) is 11.0. The highest BCUT2D eigenvalue weighted by atomic mass is 14.2. The summed E-state index contributed by atoms with van der Waals surface area (Å²) in [5, 5.41) is -7.94. The molecule has 0 aliphatic heterocycles. The Bertz CT molecular complexity index is 4740. The van der Waals surface area contributed by atoms with Crippen LogP contribution in [0.15, 0.2) is 193 Å². The van der Waals surface area contributed by atoms with Gasteiger partial charge in [-0.3, -0.25) is 0 Å². The largest absolute Gasteiger partial charge is 0.0636 e. The van der Waals surface area contributed by atoms with Crippen molar-refractivity contribution in [2.45, 2.75) is 0 Å². The molecule has 232 valence electrons. The summed E-state index contributed by atoms with van der Waals surface area (Å²) in [6.07, 6.45) is 0. The molecule has 10 aromatic rings. The summed E-state index contributed by atoms with van der Waals surface area (Å²) in [6.45, 7) is 0. The molecule has 0 nitrogen and oxygen atoms in total. The van der Waals surface area contributed by atoms with Crippen LogP contribution in [-0.2, 0) is 0 Å². The third kappa shape index (κ3) is 4.61. The van der Waals surface area contributed by atoms with E-state index >= 15 is 0 Å². The molecule has 0 unspecified atom stereocenters. The van der Waals surface area contributed by atoms with Crippen LogP contribution < -0.4 is 0 Å². The number of hydrogen-bond acceptors (Lipinski definition) is 0. The number of rotatable bonds is 4. The zero-order chi connectivity index (χ0) is 60.9. The van der Waals surface area contributed by atoms with Crippen LogP contribution in [-0.4, -0.2) is 0 Å². The van der Waals surface area contributed by atoms with Gasteiger partial charge in [0.05, 0.1) is 43.9 Å². The molecule has 0 spiro atoms. The second kappa shape index (κ2) is 11.6. The standard InChI is InChI=1S/C50H32/c1-2-15-36-30-37(27-26-33(36)12-1)38-28-29-47-48(32-38)49(40-19-9-18-39(31-40)43-24-10-16-34-13-3-5-20-41(34)43)45-22-7-8-23-46(45)50(47)44-25-11-17-35-14-4-6-21-42(35)44/h1-32H/i1D,2D,3D,4D,5D,6D,7D,8D,9D,10D,11D,12D,13D,14D,15D,16D,17D,18D,19D,20D,21D,22D,23D,24D,25D,26D,27D,28D,29D,30D,31D,32D. The van der Waals surface area contributed by atoms with E-state index in [1.165, 1.54) is 0 Å². The molecular formula is C50H32. The lowest BCUT2D eigenvalue weighted by Gasteiger charge is -2.20. The minimum absolute atomic E-state index is 0.646. The zero-order valence-electron chi connectivity index (χ0n) is 57.0. The summed E-state index contributed by atoms with van der Waals surface area (Å²) >= 11 is 0. The van der Waals surface area contributed by atoms with Crippen molar-refractivity contribution in [3.63, 3.8) is 0 Å². The van der Waals surface area contributed by atoms with Gasteiger partial charge in [-0.25, -0.2) is 0 Å². The highest BCUT2D eigenvalue weighted by Gasteiger charge is 2.19. The van der Waals surface area contributed by atoms with E-state index in [9.17, 15) is 19.2 Å². The van der Waals surface area contributed by atoms with Gasteiger partial charge in [-0.2, -0.15) is 0 Å². The molecule has 0 aliphatic rings. The van der Waals surface area contributed by atoms with E-state index in [4.69, 9.17) is 24.7 Å². The van der Waals surface area contributed by atoms with E-state index in [1.54, 1.807) is 0 Å². The first-order valence-electron chi connectivity index (χ1n) is 30.8. The fourth-order valence-corrected chi connectivity index (χ4v) is 5.84. The quantitative estimate of drug-likeness (QED) is 0.164. The molecule has 0 aromatic heterocycles. The summed E-state index contributed by atoms with van der Waals surface area (Å²) in [5.41, 5.74) is -7.45. The lowest BCUT2D eigenvalue weighted by molar-refractivity contribution is 1.63. The second-order valence-corrected chi connectivity index (χ2v) is 10.8. The minimum atomic E-state index is -1.21. The van der Waals surface area contributed by atoms with Crippen LogP contribution in [0, 0.1) is 0 Å². The summed E-state index contributed by atoms with van der Waals surface area (Å²) < 4.78 is 292. The normalized spacial score (nSPS) is 20.6. The maximum atomic E-state index is 10.3. The van der Waals surface area contributed by atoms with Crippen molar-refractivity contribution in [3.8, 4) is 44.5 Å². The molecule has 0 fully saturated rings. The fraction of sp³-hybridized carbons (Fsp3) is 0. The summed E-state index contributed by atoms with van der Waals surface area (Å²) in [4.78, 5) is 0. The summed E-state index contributed by atoms with van der Waals surface area (Å²) in [7, 11) is 0. The van der Waals surface area contributed by atoms with Crippen LogP contribution in [0.1, 0.15) is 43.9 Å². The highest BCUT2D eigenvalue weighted by Crippen LogP contribution is 2.47. The Morgan fingerprint density at radius 3 is 1.50 bits per heavy atom. The van der Waals surface area contributed by atoms with Gasteiger partial charge in [-0.05, 0) is 116 Å². The molecule has 10 aromatic carbocycles. The van der Waals surface area contributed by atoms with Gasteiger partial charge in [0.15, 0.2) is 0 Å². The Hall–Kier alpha value is -6.50. The Morgan fingerprint density at radius 2 is 0.740 bits per heavy atom. The third-order valence-corrected chi connectivity index (χ3v) is 8.00. The molecule has 50 heavy (non-hydrogen) atoms. The first-order chi connectivity index (χ1) is 38.1. The van der Waals surface area contributed by atoms with E-state index in [0.717, 1.165) is 0 Å². The van der Waals surface area contributed by atoms with E-state index in [1.807, 2.05) is 0 Å². The second-order valence-electron chi connectivity index (χ2n) is 10.8. The maximum absolute atomic E-state index is 10.3. The van der Waals surface area contributed by atoms with Crippen molar-refractivity contribution in [2.75, 3.05) is 0 Å². The molecule has 0 saturated heterocycles. The van der Waals surface area contributed by atoms with E-state index in [0.29, 0.717) is 0 Å². The topological polar surface area (TPSA) is 0 Å². The van der Waals surface area contributed by atoms with E-state index in [2.05, 4.69) is 0 Å². The van der Waals surface area contributed by atoms with Crippen molar-refractivity contribution in [1.29, 1.82) is 0 Å². The highest BCUT2D eigenvalue weighted by molar-refractivity contribution is 6.24. The molecule has 0 heterocycles. The molecule has 0 atom stereocenters. The van der Waals surface area contributed by atoms with Gasteiger partial charge in [0.2, 0.25) is 0 Å². The van der Waals surface area contributed by atoms with E-state index in [-0.39, 0.29) is 0 Å². The number of benzene rings is 10. The van der Waals surface area contributed by atoms with Crippen LogP contribution >= 0.6 is 0 Å². The van der Waals surface area contributed by atoms with Crippen molar-refractivity contribution >= 4 is 53.9 Å². The average Bonchev–Trinajstić information content (AvgIpc) is 2.35. The van der Waals surface area contributed by atoms with Gasteiger partial charge >= 0.3 is 0 Å². The molecule has 0 amide bonds. The third-order valence-electron chi connectivity index (χ3n) is 8.00. The molecular weight excluding hydrogens is 601 g/mol. The molecule has 0 radical (unpaired) electrons. The maximum Gasteiger partial charge on any atom is 0.0636 e. The molecule has 0 aliphatic carbocycles. The molecule has 10 rings (SSSR count). The summed E-state index contributed by atoms with van der Waals surface area (Å²) in [5.74, 6) is 0. The van der Waals surface area contributed by atoms with Crippen molar-refractivity contribution in [2.24, 2.45) is 0 Å². The van der Waals surface area contributed by atoms with Gasteiger partial charge in [-0.1, -0.05) is 175 Å². The minimum Gasteiger partial charge on any atom is -0.0616 e. The van der Waals surface area contributed by atoms with Crippen LogP contribution in [0.2, 0.25) is 0 Å². The van der Waals surface area contributed by atoms with Gasteiger partial charge in [-0.15, -0.1) is 0 Å². The van der Waals surface area contributed by atoms with Crippen LogP contribution in [0.4, 0.5) is 0 Å². The van der Waals surface area contributed by atoms with Crippen molar-refractivity contribution < 1.29 is 43.9 Å². The molecule has 0 saturated carbocycles. The lowest BCUT2D eigenvalue weighted by atomic mass is 9.83. The van der Waals surface area contributed by atoms with Gasteiger partial charge in [0, 0.05) is 0 Å². The predicted molar refractivity (Wildman–Crippen MR) is 216 cm³/mol. The van der Waals surface area contributed by atoms with Gasteiger partial charge in [0.25, 0.3) is 0 Å². The monoisotopic (exact) mass is 664 g/mol. The van der Waals surface area contributed by atoms with Crippen molar-refractivity contribution in [3.05, 3.63) is 193 Å². The van der Waals surface area contributed by atoms with E-state index < -0.39 is 292 Å². The number of fused-ring (bicyclic) bond motifs is 5. The Morgan fingerprint density at radius 1 is 0.240 bits per heavy atom. The fourth-order valence-electron chi connectivity index (χ4n) is 5.84. The predicted octanol–water partition coefficient (Wildman–Crippen LogP) is 14.1. The number of hydrogen-bond donors (Lipinski definition) is 0. The van der Waals surface area contributed by atoms with Crippen LogP contribution in [0.25, 0.3) is 98.4 Å². The zero-order valence-corrected chi connectivity index (χ0v) is 25.0. The molecule has 0 N–H and O–H groups in total. The van der Waals surface area contributed by atoms with Crippen molar-refractivity contribution in [1.82, 2.24) is 0 Å². The lowest BCUT2D eigenvalue weighted by Crippen LogP contribution is -1.93. The Balaban J connectivity index is 1.60. The average molecular weight is 665 g/mol. The Labute approximate surface area is 336 Å². The van der Waals surface area contributed by atoms with Crippen LogP contribution in [0.3, 0.4) is 0 Å². The van der Waals surface area contributed by atoms with Gasteiger partial charge in [0.1, 0.15) is 0 Å². The first-order valence-corrected chi connectivity index (χ1v) is 14.8.